The Morgan fingerprint density at radius 2 is 0.471 bits per heavy atom. The lowest BCUT2D eigenvalue weighted by molar-refractivity contribution is 1.10. The first kappa shape index (κ1) is 39.1. The third-order valence-electron chi connectivity index (χ3n) is 13.0. The number of rotatable bonds is 8. The zero-order valence-corrected chi connectivity index (χ0v) is 36.8. The first-order chi connectivity index (χ1) is 33.7. The number of aromatic nitrogens is 6. The quantitative estimate of drug-likeness (QED) is 0.153. The highest BCUT2D eigenvalue weighted by molar-refractivity contribution is 6.11. The zero-order chi connectivity index (χ0) is 45.0. The van der Waals surface area contributed by atoms with Gasteiger partial charge < -0.3 is 9.13 Å². The predicted octanol–water partition coefficient (Wildman–Crippen LogP) is 15.5. The summed E-state index contributed by atoms with van der Waals surface area (Å²) < 4.78 is 4.75. The van der Waals surface area contributed by atoms with Gasteiger partial charge in [0.15, 0.2) is 11.6 Å². The van der Waals surface area contributed by atoms with Crippen molar-refractivity contribution in [2.24, 2.45) is 0 Å². The molecule has 318 valence electrons. The SMILES string of the molecule is c1ccc(-c2cc(-c3ccccc3)nc(-c3cc(-n4c5ccccc5c5ccccc54)c(-c4nc(-c5ccccc5)cc(-c5ccccc5)n4)cc3-n3c4ccccc4c4ccccc43)n2)cc1. The van der Waals surface area contributed by atoms with Gasteiger partial charge in [-0.05, 0) is 48.5 Å². The van der Waals surface area contributed by atoms with E-state index in [9.17, 15) is 0 Å². The second kappa shape index (κ2) is 16.3. The molecule has 68 heavy (non-hydrogen) atoms. The van der Waals surface area contributed by atoms with E-state index < -0.39 is 0 Å². The summed E-state index contributed by atoms with van der Waals surface area (Å²) >= 11 is 0. The van der Waals surface area contributed by atoms with Crippen LogP contribution < -0.4 is 0 Å². The van der Waals surface area contributed by atoms with Crippen molar-refractivity contribution in [3.63, 3.8) is 0 Å². The molecule has 0 saturated carbocycles. The Hall–Kier alpha value is -9.26. The van der Waals surface area contributed by atoms with Gasteiger partial charge in [0, 0.05) is 54.9 Å². The summed E-state index contributed by atoms with van der Waals surface area (Å²) in [6.07, 6.45) is 0. The lowest BCUT2D eigenvalue weighted by Crippen LogP contribution is -2.07. The third-order valence-corrected chi connectivity index (χ3v) is 13.0. The first-order valence-corrected chi connectivity index (χ1v) is 22.9. The monoisotopic (exact) mass is 868 g/mol. The molecule has 0 spiro atoms. The molecule has 13 aromatic rings. The van der Waals surface area contributed by atoms with Crippen molar-refractivity contribution in [3.05, 3.63) is 243 Å². The fraction of sp³-hybridized carbons (Fsp3) is 0. The molecule has 9 aromatic carbocycles. The number of hydrogen-bond acceptors (Lipinski definition) is 4. The van der Waals surface area contributed by atoms with E-state index in [0.29, 0.717) is 11.6 Å². The minimum Gasteiger partial charge on any atom is -0.308 e. The van der Waals surface area contributed by atoms with E-state index in [1.165, 1.54) is 0 Å². The second-order valence-electron chi connectivity index (χ2n) is 17.0. The summed E-state index contributed by atoms with van der Waals surface area (Å²) in [4.78, 5) is 22.1. The van der Waals surface area contributed by atoms with E-state index in [2.05, 4.69) is 228 Å². The maximum Gasteiger partial charge on any atom is 0.162 e. The second-order valence-corrected chi connectivity index (χ2v) is 17.0. The van der Waals surface area contributed by atoms with Gasteiger partial charge in [-0.3, -0.25) is 0 Å². The van der Waals surface area contributed by atoms with Gasteiger partial charge in [-0.15, -0.1) is 0 Å². The standard InChI is InChI=1S/C62H40N6/c1-5-21-41(22-6-1)51-39-52(42-23-7-2-8-24-42)64-61(63-51)49-37-60(68-57-35-19-15-31-47(57)48-32-16-20-36-58(48)68)50(38-59(49)67-55-33-17-13-29-45(55)46-30-14-18-34-56(46)67)62-65-53(43-25-9-3-10-26-43)40-54(66-62)44-27-11-4-12-28-44/h1-40H. The number of fused-ring (bicyclic) bond motifs is 6. The smallest absolute Gasteiger partial charge is 0.162 e. The predicted molar refractivity (Wildman–Crippen MR) is 279 cm³/mol. The Morgan fingerprint density at radius 3 is 0.735 bits per heavy atom. The molecular weight excluding hydrogens is 829 g/mol. The highest BCUT2D eigenvalue weighted by Gasteiger charge is 2.26. The first-order valence-electron chi connectivity index (χ1n) is 22.9. The van der Waals surface area contributed by atoms with Gasteiger partial charge in [0.2, 0.25) is 0 Å². The van der Waals surface area contributed by atoms with Crippen LogP contribution in [0.5, 0.6) is 0 Å². The normalized spacial score (nSPS) is 11.5. The largest absolute Gasteiger partial charge is 0.308 e. The van der Waals surface area contributed by atoms with Crippen molar-refractivity contribution >= 4 is 43.6 Å². The molecule has 6 heteroatoms. The Labute approximate surface area is 392 Å². The van der Waals surface area contributed by atoms with Crippen molar-refractivity contribution in [1.29, 1.82) is 0 Å². The fourth-order valence-corrected chi connectivity index (χ4v) is 9.83. The molecular formula is C62H40N6. The molecule has 13 rings (SSSR count). The lowest BCUT2D eigenvalue weighted by atomic mass is 10.0. The van der Waals surface area contributed by atoms with E-state index in [-0.39, 0.29) is 0 Å². The maximum absolute atomic E-state index is 5.52. The van der Waals surface area contributed by atoms with Gasteiger partial charge >= 0.3 is 0 Å². The number of hydrogen-bond donors (Lipinski definition) is 0. The Kier molecular flexibility index (Phi) is 9.39. The van der Waals surface area contributed by atoms with Crippen LogP contribution in [0.25, 0.3) is 123 Å². The van der Waals surface area contributed by atoms with Crippen molar-refractivity contribution in [2.45, 2.75) is 0 Å². The molecule has 4 heterocycles. The van der Waals surface area contributed by atoms with Gasteiger partial charge in [0.1, 0.15) is 0 Å². The number of benzene rings is 9. The number of nitrogens with zero attached hydrogens (tertiary/aromatic N) is 6. The molecule has 0 radical (unpaired) electrons. The third kappa shape index (κ3) is 6.66. The van der Waals surface area contributed by atoms with Crippen LogP contribution in [-0.2, 0) is 0 Å². The van der Waals surface area contributed by atoms with E-state index in [1.54, 1.807) is 0 Å². The Bertz CT molecular complexity index is 3520. The van der Waals surface area contributed by atoms with Crippen molar-refractivity contribution < 1.29 is 0 Å². The molecule has 0 atom stereocenters. The van der Waals surface area contributed by atoms with Crippen molar-refractivity contribution in [1.82, 2.24) is 29.1 Å². The molecule has 0 unspecified atom stereocenters. The molecule has 0 N–H and O–H groups in total. The summed E-state index contributed by atoms with van der Waals surface area (Å²) in [7, 11) is 0. The summed E-state index contributed by atoms with van der Waals surface area (Å²) in [6.45, 7) is 0. The van der Waals surface area contributed by atoms with Gasteiger partial charge in [-0.1, -0.05) is 194 Å². The van der Waals surface area contributed by atoms with Crippen LogP contribution in [0.1, 0.15) is 0 Å². The molecule has 0 amide bonds. The summed E-state index contributed by atoms with van der Waals surface area (Å²) in [6, 6.07) is 84.9. The van der Waals surface area contributed by atoms with Gasteiger partial charge in [-0.2, -0.15) is 0 Å². The van der Waals surface area contributed by atoms with Crippen molar-refractivity contribution in [3.8, 4) is 79.2 Å². The van der Waals surface area contributed by atoms with Gasteiger partial charge in [0.25, 0.3) is 0 Å². The van der Waals surface area contributed by atoms with Crippen LogP contribution in [-0.4, -0.2) is 29.1 Å². The number of para-hydroxylation sites is 4. The molecule has 4 aromatic heterocycles. The highest BCUT2D eigenvalue weighted by Crippen LogP contribution is 2.44. The molecule has 0 bridgehead atoms. The molecule has 0 saturated heterocycles. The average Bonchev–Trinajstić information content (AvgIpc) is 3.94. The molecule has 0 aliphatic heterocycles. The highest BCUT2D eigenvalue weighted by atomic mass is 15.0. The van der Waals surface area contributed by atoms with Crippen LogP contribution in [0.4, 0.5) is 0 Å². The molecule has 0 aliphatic carbocycles. The minimum atomic E-state index is 0.597. The lowest BCUT2D eigenvalue weighted by Gasteiger charge is -2.21. The Balaban J connectivity index is 1.22. The Morgan fingerprint density at radius 1 is 0.235 bits per heavy atom. The molecule has 0 fully saturated rings. The van der Waals surface area contributed by atoms with Crippen LogP contribution in [0.15, 0.2) is 243 Å². The summed E-state index contributed by atoms with van der Waals surface area (Å²) in [5.41, 5.74) is 15.1. The van der Waals surface area contributed by atoms with Crippen LogP contribution in [0.2, 0.25) is 0 Å². The maximum atomic E-state index is 5.52. The average molecular weight is 869 g/mol. The van der Waals surface area contributed by atoms with E-state index >= 15 is 0 Å². The zero-order valence-electron chi connectivity index (χ0n) is 36.8. The molecule has 6 nitrogen and oxygen atoms in total. The van der Waals surface area contributed by atoms with E-state index in [1.807, 2.05) is 24.3 Å². The topological polar surface area (TPSA) is 61.4 Å². The van der Waals surface area contributed by atoms with Crippen LogP contribution >= 0.6 is 0 Å². The van der Waals surface area contributed by atoms with E-state index in [4.69, 9.17) is 19.9 Å². The van der Waals surface area contributed by atoms with Gasteiger partial charge in [-0.25, -0.2) is 19.9 Å². The molecule has 0 aliphatic rings. The summed E-state index contributed by atoms with van der Waals surface area (Å²) in [5, 5.41) is 4.61. The van der Waals surface area contributed by atoms with E-state index in [0.717, 1.165) is 111 Å². The van der Waals surface area contributed by atoms with Crippen molar-refractivity contribution in [2.75, 3.05) is 0 Å². The van der Waals surface area contributed by atoms with Crippen LogP contribution in [0, 0.1) is 0 Å². The fourth-order valence-electron chi connectivity index (χ4n) is 9.83. The minimum absolute atomic E-state index is 0.597. The van der Waals surface area contributed by atoms with Gasteiger partial charge in [0.05, 0.1) is 56.2 Å². The van der Waals surface area contributed by atoms with Crippen LogP contribution in [0.3, 0.4) is 0 Å². The summed E-state index contributed by atoms with van der Waals surface area (Å²) in [5.74, 6) is 1.19.